The van der Waals surface area contributed by atoms with E-state index >= 15 is 0 Å². The van der Waals surface area contributed by atoms with E-state index in [4.69, 9.17) is 4.74 Å². The van der Waals surface area contributed by atoms with Gasteiger partial charge in [-0.2, -0.15) is 0 Å². The van der Waals surface area contributed by atoms with Crippen LogP contribution in [0.2, 0.25) is 0 Å². The summed E-state index contributed by atoms with van der Waals surface area (Å²) >= 11 is 0. The highest BCUT2D eigenvalue weighted by Crippen LogP contribution is 2.25. The summed E-state index contributed by atoms with van der Waals surface area (Å²) < 4.78 is 5.42. The first kappa shape index (κ1) is 17.7. The van der Waals surface area contributed by atoms with E-state index in [2.05, 4.69) is 10.2 Å². The first-order valence-electron chi connectivity index (χ1n) is 9.35. The smallest absolute Gasteiger partial charge is 0.255 e. The monoisotopic (exact) mass is 340 g/mol. The molecule has 1 fully saturated rings. The highest BCUT2D eigenvalue weighted by Gasteiger charge is 2.14. The molecule has 0 atom stereocenters. The molecule has 0 radical (unpaired) electrons. The number of nitrogens with zero attached hydrogens (tertiary/aromatic N) is 1. The zero-order valence-corrected chi connectivity index (χ0v) is 15.1. The molecule has 1 aliphatic rings. The van der Waals surface area contributed by atoms with Gasteiger partial charge in [-0.15, -0.1) is 0 Å². The molecule has 0 saturated carbocycles. The van der Waals surface area contributed by atoms with Crippen LogP contribution in [-0.2, 0) is 0 Å². The summed E-state index contributed by atoms with van der Waals surface area (Å²) in [5.74, 6) is 0.571. The number of carbonyl (C=O) groups is 1. The number of amides is 1. The Labute approximate surface area is 150 Å². The number of carbonyl (C=O) groups excluding carboxylic acids is 1. The van der Waals surface area contributed by atoms with Crippen LogP contribution in [0.1, 0.15) is 42.5 Å². The van der Waals surface area contributed by atoms with Crippen molar-refractivity contribution in [3.63, 3.8) is 0 Å². The molecule has 0 aliphatic carbocycles. The number of hydrogen-bond acceptors (Lipinski definition) is 3. The van der Waals surface area contributed by atoms with Gasteiger partial charge in [-0.1, -0.05) is 37.1 Å². The average molecular weight is 340 g/mol. The van der Waals surface area contributed by atoms with E-state index in [0.717, 1.165) is 23.7 Å². The second-order valence-corrected chi connectivity index (χ2v) is 6.76. The molecule has 4 nitrogen and oxygen atoms in total. The van der Waals surface area contributed by atoms with Gasteiger partial charge in [-0.05, 0) is 61.8 Å². The summed E-state index contributed by atoms with van der Waals surface area (Å²) in [4.78, 5) is 15.1. The fraction of sp³-hybridized carbons (Fsp3) is 0.476. The van der Waals surface area contributed by atoms with Crippen LogP contribution in [0.4, 0.5) is 0 Å². The molecule has 2 aromatic rings. The molecule has 1 N–H and O–H groups in total. The van der Waals surface area contributed by atoms with Crippen LogP contribution < -0.4 is 10.1 Å². The van der Waals surface area contributed by atoms with Crippen molar-refractivity contribution in [1.29, 1.82) is 0 Å². The lowest BCUT2D eigenvalue weighted by Gasteiger charge is -2.19. The summed E-state index contributed by atoms with van der Waals surface area (Å²) in [7, 11) is 1.61. The number of ether oxygens (including phenoxy) is 1. The van der Waals surface area contributed by atoms with Crippen LogP contribution in [0.15, 0.2) is 36.4 Å². The summed E-state index contributed by atoms with van der Waals surface area (Å²) in [5, 5.41) is 5.18. The van der Waals surface area contributed by atoms with Crippen molar-refractivity contribution >= 4 is 16.7 Å². The number of fused-ring (bicyclic) bond motifs is 1. The fourth-order valence-corrected chi connectivity index (χ4v) is 3.53. The van der Waals surface area contributed by atoms with Gasteiger partial charge < -0.3 is 15.0 Å². The molecule has 25 heavy (non-hydrogen) atoms. The van der Waals surface area contributed by atoms with E-state index in [1.54, 1.807) is 7.11 Å². The Balaban J connectivity index is 1.56. The maximum atomic E-state index is 12.6. The first-order valence-corrected chi connectivity index (χ1v) is 9.35. The summed E-state index contributed by atoms with van der Waals surface area (Å²) in [6, 6.07) is 11.9. The van der Waals surface area contributed by atoms with Crippen molar-refractivity contribution in [2.75, 3.05) is 33.3 Å². The molecule has 1 heterocycles. The average Bonchev–Trinajstić information content (AvgIpc) is 2.92. The molecule has 134 valence electrons. The van der Waals surface area contributed by atoms with Gasteiger partial charge in [0.25, 0.3) is 5.91 Å². The largest absolute Gasteiger partial charge is 0.496 e. The zero-order chi connectivity index (χ0) is 17.5. The van der Waals surface area contributed by atoms with Crippen LogP contribution in [-0.4, -0.2) is 44.1 Å². The maximum Gasteiger partial charge on any atom is 0.255 e. The number of hydrogen-bond donors (Lipinski definition) is 1. The highest BCUT2D eigenvalue weighted by molar-refractivity contribution is 6.01. The third-order valence-electron chi connectivity index (χ3n) is 4.95. The standard InChI is InChI=1S/C21H28N2O2/c1-25-20-16-18-10-5-4-9-17(18)15-19(20)21(24)22-11-8-14-23-12-6-2-3-7-13-23/h4-5,9-10,15-16H,2-3,6-8,11-14H2,1H3,(H,22,24). The molecule has 1 aliphatic heterocycles. The molecule has 2 aromatic carbocycles. The Morgan fingerprint density at radius 3 is 2.44 bits per heavy atom. The van der Waals surface area contributed by atoms with E-state index in [1.807, 2.05) is 36.4 Å². The maximum absolute atomic E-state index is 12.6. The van der Waals surface area contributed by atoms with Gasteiger partial charge in [-0.25, -0.2) is 0 Å². The number of nitrogens with one attached hydrogen (secondary N) is 1. The Morgan fingerprint density at radius 2 is 1.76 bits per heavy atom. The quantitative estimate of drug-likeness (QED) is 0.812. The van der Waals surface area contributed by atoms with E-state index in [9.17, 15) is 4.79 Å². The first-order chi connectivity index (χ1) is 12.3. The van der Waals surface area contributed by atoms with E-state index in [0.29, 0.717) is 17.9 Å². The minimum Gasteiger partial charge on any atom is -0.496 e. The second-order valence-electron chi connectivity index (χ2n) is 6.76. The zero-order valence-electron chi connectivity index (χ0n) is 15.1. The molecule has 1 amide bonds. The Bertz CT molecular complexity index is 706. The van der Waals surface area contributed by atoms with E-state index in [1.165, 1.54) is 38.8 Å². The van der Waals surface area contributed by atoms with Crippen molar-refractivity contribution in [2.24, 2.45) is 0 Å². The Hall–Kier alpha value is -2.07. The van der Waals surface area contributed by atoms with Gasteiger partial charge in [0.15, 0.2) is 0 Å². The van der Waals surface area contributed by atoms with Crippen LogP contribution in [0, 0.1) is 0 Å². The third-order valence-corrected chi connectivity index (χ3v) is 4.95. The lowest BCUT2D eigenvalue weighted by atomic mass is 10.1. The molecular formula is C21H28N2O2. The second kappa shape index (κ2) is 8.86. The van der Waals surface area contributed by atoms with Crippen LogP contribution >= 0.6 is 0 Å². The van der Waals surface area contributed by atoms with Crippen LogP contribution in [0.25, 0.3) is 10.8 Å². The highest BCUT2D eigenvalue weighted by atomic mass is 16.5. The van der Waals surface area contributed by atoms with Crippen molar-refractivity contribution in [3.8, 4) is 5.75 Å². The topological polar surface area (TPSA) is 41.6 Å². The van der Waals surface area contributed by atoms with Crippen LogP contribution in [0.3, 0.4) is 0 Å². The Morgan fingerprint density at radius 1 is 1.08 bits per heavy atom. The lowest BCUT2D eigenvalue weighted by Crippen LogP contribution is -2.30. The summed E-state index contributed by atoms with van der Waals surface area (Å²) in [6.07, 6.45) is 6.31. The van der Waals surface area contributed by atoms with Gasteiger partial charge in [-0.3, -0.25) is 4.79 Å². The van der Waals surface area contributed by atoms with Gasteiger partial charge in [0.05, 0.1) is 12.7 Å². The number of benzene rings is 2. The van der Waals surface area contributed by atoms with Gasteiger partial charge in [0.2, 0.25) is 0 Å². The van der Waals surface area contributed by atoms with Crippen molar-refractivity contribution in [3.05, 3.63) is 42.0 Å². The van der Waals surface area contributed by atoms with Gasteiger partial charge >= 0.3 is 0 Å². The van der Waals surface area contributed by atoms with Crippen molar-refractivity contribution in [1.82, 2.24) is 10.2 Å². The predicted octanol–water partition coefficient (Wildman–Crippen LogP) is 3.84. The minimum absolute atomic E-state index is 0.0570. The van der Waals surface area contributed by atoms with Crippen molar-refractivity contribution in [2.45, 2.75) is 32.1 Å². The molecule has 0 unspecified atom stereocenters. The van der Waals surface area contributed by atoms with Gasteiger partial charge in [0, 0.05) is 6.54 Å². The fourth-order valence-electron chi connectivity index (χ4n) is 3.53. The van der Waals surface area contributed by atoms with E-state index in [-0.39, 0.29) is 5.91 Å². The predicted molar refractivity (Wildman–Crippen MR) is 102 cm³/mol. The minimum atomic E-state index is -0.0570. The normalized spacial score (nSPS) is 15.7. The summed E-state index contributed by atoms with van der Waals surface area (Å²) in [5.41, 5.74) is 0.607. The molecule has 1 saturated heterocycles. The SMILES string of the molecule is COc1cc2ccccc2cc1C(=O)NCCCN1CCCCCC1. The molecule has 0 spiro atoms. The molecule has 0 bridgehead atoms. The number of methoxy groups -OCH3 is 1. The molecular weight excluding hydrogens is 312 g/mol. The van der Waals surface area contributed by atoms with Crippen LogP contribution in [0.5, 0.6) is 5.75 Å². The molecule has 0 aromatic heterocycles. The lowest BCUT2D eigenvalue weighted by molar-refractivity contribution is 0.0949. The van der Waals surface area contributed by atoms with Gasteiger partial charge in [0.1, 0.15) is 5.75 Å². The Kier molecular flexibility index (Phi) is 6.29. The number of rotatable bonds is 6. The number of likely N-dealkylation sites (tertiary alicyclic amines) is 1. The third kappa shape index (κ3) is 4.73. The molecule has 3 rings (SSSR count). The van der Waals surface area contributed by atoms with Crippen molar-refractivity contribution < 1.29 is 9.53 Å². The molecule has 4 heteroatoms. The summed E-state index contributed by atoms with van der Waals surface area (Å²) in [6.45, 7) is 4.17. The van der Waals surface area contributed by atoms with E-state index < -0.39 is 0 Å².